The molecule has 0 fully saturated rings. The molecule has 2 aromatic carbocycles. The third-order valence-electron chi connectivity index (χ3n) is 3.44. The Bertz CT molecular complexity index is 879. The average molecular weight is 433 g/mol. The Morgan fingerprint density at radius 3 is 2.62 bits per heavy atom. The number of thioether (sulfide) groups is 1. The molecule has 0 atom stereocenters. The van der Waals surface area contributed by atoms with Gasteiger partial charge in [0.15, 0.2) is 0 Å². The number of aromatic nitrogens is 3. The van der Waals surface area contributed by atoms with Crippen molar-refractivity contribution in [3.05, 3.63) is 64.1 Å². The first-order valence-corrected chi connectivity index (χ1v) is 9.44. The van der Waals surface area contributed by atoms with Gasteiger partial charge in [-0.2, -0.15) is 5.10 Å². The van der Waals surface area contributed by atoms with Crippen molar-refractivity contribution in [2.24, 2.45) is 5.10 Å². The quantitative estimate of drug-likeness (QED) is 0.257. The summed E-state index contributed by atoms with van der Waals surface area (Å²) >= 11 is 4.89. The molecular formula is C17H17BrN6OS. The smallest absolute Gasteiger partial charge is 0.264 e. The summed E-state index contributed by atoms with van der Waals surface area (Å²) in [6, 6.07) is 15.6. The maximum Gasteiger partial charge on any atom is 0.264 e. The normalized spacial score (nSPS) is 11.0. The Kier molecular flexibility index (Phi) is 6.13. The highest BCUT2D eigenvalue weighted by atomic mass is 79.9. The summed E-state index contributed by atoms with van der Waals surface area (Å²) in [5.41, 5.74) is 4.90. The van der Waals surface area contributed by atoms with Crippen molar-refractivity contribution in [2.45, 2.75) is 10.9 Å². The first-order chi connectivity index (χ1) is 12.7. The fourth-order valence-corrected chi connectivity index (χ4v) is 3.11. The van der Waals surface area contributed by atoms with Crippen LogP contribution < -0.4 is 16.0 Å². The number of benzene rings is 2. The summed E-state index contributed by atoms with van der Waals surface area (Å²) < 4.78 is 7.55. The first-order valence-electron chi connectivity index (χ1n) is 7.66. The van der Waals surface area contributed by atoms with Gasteiger partial charge < -0.3 is 10.6 Å². The number of nitrogen functional groups attached to an aromatic ring is 1. The number of methoxy groups -OCH3 is 1. The molecular weight excluding hydrogens is 416 g/mol. The zero-order chi connectivity index (χ0) is 18.4. The molecule has 26 heavy (non-hydrogen) atoms. The maximum atomic E-state index is 6.02. The molecule has 0 saturated carbocycles. The van der Waals surface area contributed by atoms with Gasteiger partial charge in [-0.25, -0.2) is 10.1 Å². The lowest BCUT2D eigenvalue weighted by atomic mass is 10.2. The van der Waals surface area contributed by atoms with E-state index in [1.165, 1.54) is 16.4 Å². The Hall–Kier alpha value is -2.52. The predicted octanol–water partition coefficient (Wildman–Crippen LogP) is 3.50. The number of nitrogens with zero attached hydrogens (tertiary/aromatic N) is 4. The molecule has 0 aliphatic carbocycles. The topological polar surface area (TPSA) is 90.4 Å². The summed E-state index contributed by atoms with van der Waals surface area (Å²) in [6.07, 6.45) is 1.69. The lowest BCUT2D eigenvalue weighted by molar-refractivity contribution is 0.414. The molecule has 0 saturated heterocycles. The molecule has 9 heteroatoms. The second-order valence-electron chi connectivity index (χ2n) is 5.23. The van der Waals surface area contributed by atoms with Crippen LogP contribution in [0.25, 0.3) is 0 Å². The molecule has 3 aromatic rings. The van der Waals surface area contributed by atoms with E-state index in [1.54, 1.807) is 13.3 Å². The third kappa shape index (κ3) is 4.77. The highest BCUT2D eigenvalue weighted by molar-refractivity contribution is 9.10. The number of anilines is 1. The van der Waals surface area contributed by atoms with E-state index >= 15 is 0 Å². The van der Waals surface area contributed by atoms with E-state index in [1.807, 2.05) is 48.5 Å². The van der Waals surface area contributed by atoms with Crippen molar-refractivity contribution in [1.82, 2.24) is 14.9 Å². The number of nitrogens with two attached hydrogens (primary N) is 1. The molecule has 0 spiro atoms. The minimum absolute atomic E-state index is 0.371. The van der Waals surface area contributed by atoms with Gasteiger partial charge in [0, 0.05) is 10.2 Å². The summed E-state index contributed by atoms with van der Waals surface area (Å²) in [7, 11) is 1.65. The molecule has 1 aromatic heterocycles. The van der Waals surface area contributed by atoms with Crippen LogP contribution in [0.3, 0.4) is 0 Å². The summed E-state index contributed by atoms with van der Waals surface area (Å²) in [5, 5.41) is 12.8. The van der Waals surface area contributed by atoms with Crippen molar-refractivity contribution in [2.75, 3.05) is 18.4 Å². The van der Waals surface area contributed by atoms with E-state index in [0.717, 1.165) is 27.1 Å². The number of hydrogen-bond donors (Lipinski definition) is 2. The standard InChI is InChI=1S/C17H17BrN6OS/c1-25-15-8-4-13(5-9-15)11-26-17-23-22-16(24(17)19)21-20-10-12-2-6-14(18)7-3-12/h2-10H,11,19H2,1H3,(H,21,22)/b20-10+. The second kappa shape index (κ2) is 8.72. The SMILES string of the molecule is COc1ccc(CSc2nnc(N/N=C/c3ccc(Br)cc3)n2N)cc1. The summed E-state index contributed by atoms with van der Waals surface area (Å²) in [6.45, 7) is 0. The van der Waals surface area contributed by atoms with Crippen molar-refractivity contribution < 1.29 is 4.74 Å². The fourth-order valence-electron chi connectivity index (χ4n) is 2.03. The van der Waals surface area contributed by atoms with Crippen LogP contribution in [-0.4, -0.2) is 28.2 Å². The lowest BCUT2D eigenvalue weighted by Crippen LogP contribution is -2.13. The number of nitrogens with one attached hydrogen (secondary N) is 1. The van der Waals surface area contributed by atoms with Gasteiger partial charge in [-0.3, -0.25) is 0 Å². The van der Waals surface area contributed by atoms with Gasteiger partial charge in [0.1, 0.15) is 5.75 Å². The van der Waals surface area contributed by atoms with Crippen LogP contribution >= 0.6 is 27.7 Å². The fraction of sp³-hybridized carbons (Fsp3) is 0.118. The molecule has 0 radical (unpaired) electrons. The molecule has 0 unspecified atom stereocenters. The van der Waals surface area contributed by atoms with Gasteiger partial charge >= 0.3 is 0 Å². The highest BCUT2D eigenvalue weighted by Crippen LogP contribution is 2.23. The average Bonchev–Trinajstić information content (AvgIpc) is 3.02. The summed E-state index contributed by atoms with van der Waals surface area (Å²) in [4.78, 5) is 0. The van der Waals surface area contributed by atoms with Crippen LogP contribution in [-0.2, 0) is 5.75 Å². The number of hydrogen-bond acceptors (Lipinski definition) is 7. The first kappa shape index (κ1) is 18.3. The monoisotopic (exact) mass is 432 g/mol. The van der Waals surface area contributed by atoms with E-state index in [2.05, 4.69) is 36.7 Å². The van der Waals surface area contributed by atoms with E-state index in [-0.39, 0.29) is 0 Å². The van der Waals surface area contributed by atoms with Crippen LogP contribution in [0.4, 0.5) is 5.95 Å². The number of halogens is 1. The molecule has 3 rings (SSSR count). The number of hydrazone groups is 1. The van der Waals surface area contributed by atoms with Gasteiger partial charge in [-0.15, -0.1) is 10.2 Å². The van der Waals surface area contributed by atoms with Gasteiger partial charge in [0.05, 0.1) is 13.3 Å². The molecule has 0 amide bonds. The molecule has 7 nitrogen and oxygen atoms in total. The molecule has 1 heterocycles. The molecule has 0 aliphatic rings. The van der Waals surface area contributed by atoms with Crippen LogP contribution in [0.1, 0.15) is 11.1 Å². The Morgan fingerprint density at radius 2 is 1.92 bits per heavy atom. The Morgan fingerprint density at radius 1 is 1.19 bits per heavy atom. The Balaban J connectivity index is 1.57. The number of rotatable bonds is 7. The Labute approximate surface area is 163 Å². The van der Waals surface area contributed by atoms with Crippen LogP contribution in [0, 0.1) is 0 Å². The van der Waals surface area contributed by atoms with Crippen molar-refractivity contribution >= 4 is 39.9 Å². The minimum Gasteiger partial charge on any atom is -0.497 e. The van der Waals surface area contributed by atoms with Gasteiger partial charge in [-0.1, -0.05) is 52.0 Å². The van der Waals surface area contributed by atoms with E-state index in [0.29, 0.717) is 11.1 Å². The van der Waals surface area contributed by atoms with Gasteiger partial charge in [0.25, 0.3) is 5.95 Å². The molecule has 3 N–H and O–H groups in total. The molecule has 0 aliphatic heterocycles. The molecule has 0 bridgehead atoms. The maximum absolute atomic E-state index is 6.02. The largest absolute Gasteiger partial charge is 0.497 e. The van der Waals surface area contributed by atoms with Crippen molar-refractivity contribution in [3.63, 3.8) is 0 Å². The summed E-state index contributed by atoms with van der Waals surface area (Å²) in [5.74, 6) is 7.94. The van der Waals surface area contributed by atoms with Gasteiger partial charge in [0.2, 0.25) is 5.16 Å². The number of ether oxygens (including phenoxy) is 1. The van der Waals surface area contributed by atoms with E-state index < -0.39 is 0 Å². The predicted molar refractivity (Wildman–Crippen MR) is 108 cm³/mol. The molecule has 134 valence electrons. The van der Waals surface area contributed by atoms with E-state index in [4.69, 9.17) is 10.6 Å². The third-order valence-corrected chi connectivity index (χ3v) is 4.98. The van der Waals surface area contributed by atoms with Crippen LogP contribution in [0.15, 0.2) is 63.3 Å². The van der Waals surface area contributed by atoms with Gasteiger partial charge in [-0.05, 0) is 35.4 Å². The lowest BCUT2D eigenvalue weighted by Gasteiger charge is -2.04. The van der Waals surface area contributed by atoms with E-state index in [9.17, 15) is 0 Å². The highest BCUT2D eigenvalue weighted by Gasteiger charge is 2.09. The minimum atomic E-state index is 0.371. The van der Waals surface area contributed by atoms with Crippen molar-refractivity contribution in [1.29, 1.82) is 0 Å². The van der Waals surface area contributed by atoms with Crippen LogP contribution in [0.5, 0.6) is 5.75 Å². The zero-order valence-corrected chi connectivity index (χ0v) is 16.4. The van der Waals surface area contributed by atoms with Crippen LogP contribution in [0.2, 0.25) is 0 Å². The zero-order valence-electron chi connectivity index (χ0n) is 14.0. The second-order valence-corrected chi connectivity index (χ2v) is 7.09. The van der Waals surface area contributed by atoms with Crippen molar-refractivity contribution in [3.8, 4) is 5.75 Å².